The topological polar surface area (TPSA) is 71.4 Å². The van der Waals surface area contributed by atoms with Gasteiger partial charge in [0.15, 0.2) is 5.82 Å². The molecule has 24 heavy (non-hydrogen) atoms. The Hall–Kier alpha value is -1.73. The van der Waals surface area contributed by atoms with Crippen LogP contribution in [0.3, 0.4) is 0 Å². The molecule has 0 N–H and O–H groups in total. The molecule has 0 aromatic carbocycles. The van der Waals surface area contributed by atoms with E-state index in [9.17, 15) is 0 Å². The summed E-state index contributed by atoms with van der Waals surface area (Å²) >= 11 is 0. The molecule has 0 aliphatic carbocycles. The second-order valence-corrected chi connectivity index (χ2v) is 6.57. The maximum absolute atomic E-state index is 5.46. The lowest BCUT2D eigenvalue weighted by atomic mass is 10.2. The van der Waals surface area contributed by atoms with Crippen LogP contribution in [-0.2, 0) is 13.0 Å². The van der Waals surface area contributed by atoms with E-state index in [0.29, 0.717) is 0 Å². The van der Waals surface area contributed by atoms with Gasteiger partial charge in [-0.3, -0.25) is 9.80 Å². The lowest BCUT2D eigenvalue weighted by Crippen LogP contribution is -2.46. The van der Waals surface area contributed by atoms with E-state index in [0.717, 1.165) is 75.2 Å². The zero-order chi connectivity index (χ0) is 16.9. The van der Waals surface area contributed by atoms with Crippen LogP contribution in [0.5, 0.6) is 0 Å². The third-order valence-electron chi connectivity index (χ3n) is 4.61. The lowest BCUT2D eigenvalue weighted by Gasteiger charge is -2.36. The predicted octanol–water partition coefficient (Wildman–Crippen LogP) is 2.59. The van der Waals surface area contributed by atoms with E-state index < -0.39 is 0 Å². The van der Waals surface area contributed by atoms with Gasteiger partial charge in [-0.25, -0.2) is 0 Å². The Morgan fingerprint density at radius 1 is 1.17 bits per heavy atom. The highest BCUT2D eigenvalue weighted by molar-refractivity contribution is 5.03. The summed E-state index contributed by atoms with van der Waals surface area (Å²) in [6.07, 6.45) is 3.15. The number of piperazine rings is 1. The molecule has 0 amide bonds. The summed E-state index contributed by atoms with van der Waals surface area (Å²) in [6, 6.07) is 2.18. The Labute approximate surface area is 143 Å². The molecule has 1 aliphatic rings. The van der Waals surface area contributed by atoms with Gasteiger partial charge >= 0.3 is 0 Å². The van der Waals surface area contributed by atoms with Crippen molar-refractivity contribution < 1.29 is 9.05 Å². The van der Waals surface area contributed by atoms with Crippen LogP contribution < -0.4 is 0 Å². The number of aryl methyl sites for hydroxylation is 2. The minimum atomic E-state index is 0.171. The zero-order valence-electron chi connectivity index (χ0n) is 14.9. The molecule has 1 atom stereocenters. The first-order valence-corrected chi connectivity index (χ1v) is 8.86. The van der Waals surface area contributed by atoms with E-state index in [2.05, 4.69) is 38.9 Å². The van der Waals surface area contributed by atoms with Crippen molar-refractivity contribution in [3.05, 3.63) is 29.2 Å². The first-order chi connectivity index (χ1) is 11.7. The Bertz CT molecular complexity index is 630. The molecule has 0 bridgehead atoms. The standard InChI is InChI=1S/C17H27N5O2/c1-4-5-6-16-18-17(24-20-16)14(3)22-9-7-21(8-10-22)12-15-11-13(2)23-19-15/h11,14H,4-10,12H2,1-3H3. The van der Waals surface area contributed by atoms with Gasteiger partial charge in [0.1, 0.15) is 5.76 Å². The molecule has 3 rings (SSSR count). The summed E-state index contributed by atoms with van der Waals surface area (Å²) < 4.78 is 10.6. The monoisotopic (exact) mass is 333 g/mol. The van der Waals surface area contributed by atoms with Crippen molar-refractivity contribution in [3.8, 4) is 0 Å². The van der Waals surface area contributed by atoms with Crippen LogP contribution in [0.25, 0.3) is 0 Å². The van der Waals surface area contributed by atoms with Crippen LogP contribution in [-0.4, -0.2) is 51.3 Å². The smallest absolute Gasteiger partial charge is 0.243 e. The molecule has 7 nitrogen and oxygen atoms in total. The van der Waals surface area contributed by atoms with Gasteiger partial charge in [0.05, 0.1) is 11.7 Å². The van der Waals surface area contributed by atoms with Crippen molar-refractivity contribution in [2.75, 3.05) is 26.2 Å². The molecule has 7 heteroatoms. The molecule has 1 fully saturated rings. The molecule has 0 spiro atoms. The van der Waals surface area contributed by atoms with E-state index in [-0.39, 0.29) is 6.04 Å². The van der Waals surface area contributed by atoms with Gasteiger partial charge < -0.3 is 9.05 Å². The number of rotatable bonds is 7. The molecule has 1 saturated heterocycles. The fourth-order valence-corrected chi connectivity index (χ4v) is 3.06. The first kappa shape index (κ1) is 17.1. The van der Waals surface area contributed by atoms with Crippen molar-refractivity contribution in [3.63, 3.8) is 0 Å². The Morgan fingerprint density at radius 2 is 1.96 bits per heavy atom. The van der Waals surface area contributed by atoms with Gasteiger partial charge in [0, 0.05) is 45.2 Å². The summed E-state index contributed by atoms with van der Waals surface area (Å²) in [5.41, 5.74) is 1.01. The molecule has 2 aromatic rings. The summed E-state index contributed by atoms with van der Waals surface area (Å²) in [7, 11) is 0. The van der Waals surface area contributed by atoms with Crippen molar-refractivity contribution in [1.29, 1.82) is 0 Å². The second-order valence-electron chi connectivity index (χ2n) is 6.57. The Balaban J connectivity index is 1.49. The first-order valence-electron chi connectivity index (χ1n) is 8.86. The molecule has 2 aromatic heterocycles. The average molecular weight is 333 g/mol. The minimum absolute atomic E-state index is 0.171. The molecule has 0 radical (unpaired) electrons. The highest BCUT2D eigenvalue weighted by atomic mass is 16.5. The quantitative estimate of drug-likeness (QED) is 0.771. The number of nitrogens with zero attached hydrogens (tertiary/aromatic N) is 5. The zero-order valence-corrected chi connectivity index (χ0v) is 14.9. The van der Waals surface area contributed by atoms with E-state index in [4.69, 9.17) is 9.05 Å². The second kappa shape index (κ2) is 7.90. The minimum Gasteiger partial charge on any atom is -0.361 e. The van der Waals surface area contributed by atoms with Crippen LogP contribution >= 0.6 is 0 Å². The van der Waals surface area contributed by atoms with Crippen molar-refractivity contribution >= 4 is 0 Å². The molecule has 1 unspecified atom stereocenters. The molecule has 0 saturated carbocycles. The van der Waals surface area contributed by atoms with Gasteiger partial charge in [-0.05, 0) is 20.3 Å². The summed E-state index contributed by atoms with van der Waals surface area (Å²) in [5.74, 6) is 2.44. The molecule has 3 heterocycles. The molecular weight excluding hydrogens is 306 g/mol. The highest BCUT2D eigenvalue weighted by Crippen LogP contribution is 2.21. The summed E-state index contributed by atoms with van der Waals surface area (Å²) in [6.45, 7) is 11.1. The van der Waals surface area contributed by atoms with Gasteiger partial charge in [-0.15, -0.1) is 0 Å². The third kappa shape index (κ3) is 4.21. The van der Waals surface area contributed by atoms with Crippen molar-refractivity contribution in [1.82, 2.24) is 25.1 Å². The number of hydrogen-bond acceptors (Lipinski definition) is 7. The van der Waals surface area contributed by atoms with Gasteiger partial charge in [-0.1, -0.05) is 23.7 Å². The van der Waals surface area contributed by atoms with Crippen LogP contribution in [0.4, 0.5) is 0 Å². The number of hydrogen-bond donors (Lipinski definition) is 0. The Morgan fingerprint density at radius 3 is 2.62 bits per heavy atom. The van der Waals surface area contributed by atoms with Crippen molar-refractivity contribution in [2.45, 2.75) is 52.6 Å². The lowest BCUT2D eigenvalue weighted by molar-refractivity contribution is 0.0833. The summed E-state index contributed by atoms with van der Waals surface area (Å²) in [5, 5.41) is 8.18. The Kier molecular flexibility index (Phi) is 5.63. The average Bonchev–Trinajstić information content (AvgIpc) is 3.22. The van der Waals surface area contributed by atoms with E-state index in [1.807, 2.05) is 13.0 Å². The molecule has 1 aliphatic heterocycles. The van der Waals surface area contributed by atoms with E-state index in [1.165, 1.54) is 0 Å². The van der Waals surface area contributed by atoms with Crippen LogP contribution in [0.1, 0.15) is 55.9 Å². The van der Waals surface area contributed by atoms with Crippen LogP contribution in [0.2, 0.25) is 0 Å². The predicted molar refractivity (Wildman–Crippen MR) is 89.4 cm³/mol. The van der Waals surface area contributed by atoms with E-state index >= 15 is 0 Å². The fourth-order valence-electron chi connectivity index (χ4n) is 3.06. The fraction of sp³-hybridized carbons (Fsp3) is 0.706. The van der Waals surface area contributed by atoms with Crippen molar-refractivity contribution in [2.24, 2.45) is 0 Å². The number of unbranched alkanes of at least 4 members (excludes halogenated alkanes) is 1. The molecule has 132 valence electrons. The maximum atomic E-state index is 5.46. The molecular formula is C17H27N5O2. The number of aromatic nitrogens is 3. The van der Waals surface area contributed by atoms with Crippen LogP contribution in [0.15, 0.2) is 15.1 Å². The maximum Gasteiger partial charge on any atom is 0.243 e. The third-order valence-corrected chi connectivity index (χ3v) is 4.61. The largest absolute Gasteiger partial charge is 0.361 e. The highest BCUT2D eigenvalue weighted by Gasteiger charge is 2.26. The van der Waals surface area contributed by atoms with Gasteiger partial charge in [0.2, 0.25) is 5.89 Å². The van der Waals surface area contributed by atoms with E-state index in [1.54, 1.807) is 0 Å². The SMILES string of the molecule is CCCCc1noc(C(C)N2CCN(Cc3cc(C)on3)CC2)n1. The van der Waals surface area contributed by atoms with Gasteiger partial charge in [0.25, 0.3) is 0 Å². The normalized spacial score (nSPS) is 18.1. The van der Waals surface area contributed by atoms with Gasteiger partial charge in [-0.2, -0.15) is 4.98 Å². The summed E-state index contributed by atoms with van der Waals surface area (Å²) in [4.78, 5) is 9.37. The van der Waals surface area contributed by atoms with Crippen LogP contribution in [0, 0.1) is 6.92 Å².